The summed E-state index contributed by atoms with van der Waals surface area (Å²) in [7, 11) is -0.812. The Bertz CT molecular complexity index is 39.2. The second kappa shape index (κ2) is 11.4. The van der Waals surface area contributed by atoms with Crippen LogP contribution in [0.4, 0.5) is 0 Å². The third-order valence-corrected chi connectivity index (χ3v) is 0. The summed E-state index contributed by atoms with van der Waals surface area (Å²) >= 11 is 7.62. The van der Waals surface area contributed by atoms with Crippen molar-refractivity contribution in [2.24, 2.45) is 5.73 Å². The fraction of sp³-hybridized carbons (Fsp3) is 0. The molecule has 0 aromatic rings. The van der Waals surface area contributed by atoms with E-state index in [2.05, 4.69) is 59.0 Å². The fourth-order valence-corrected chi connectivity index (χ4v) is 0. The first kappa shape index (κ1) is 12.3. The summed E-state index contributed by atoms with van der Waals surface area (Å²) in [5.74, 6) is 0. The SMILES string of the molecule is NC=O.[I][PbH]([I])[I]. The van der Waals surface area contributed by atoms with Crippen LogP contribution in [0, 0.1) is 0 Å². The third-order valence-electron chi connectivity index (χ3n) is 0. The van der Waals surface area contributed by atoms with Gasteiger partial charge in [-0.05, 0) is 0 Å². The van der Waals surface area contributed by atoms with E-state index in [0.29, 0.717) is 0 Å². The first-order valence-electron chi connectivity index (χ1n) is 1.22. The Kier molecular flexibility index (Phi) is 20.0. The van der Waals surface area contributed by atoms with Gasteiger partial charge in [0.05, 0.1) is 0 Å². The van der Waals surface area contributed by atoms with E-state index in [0.717, 1.165) is 0 Å². The summed E-state index contributed by atoms with van der Waals surface area (Å²) in [6, 6.07) is 0. The molecular formula is CH4I3NOPb. The Morgan fingerprint density at radius 3 is 1.43 bits per heavy atom. The molecule has 0 aliphatic heterocycles. The zero-order valence-electron chi connectivity index (χ0n) is 3.27. The molecule has 0 heterocycles. The minimum atomic E-state index is -0.812. The summed E-state index contributed by atoms with van der Waals surface area (Å²) in [5, 5.41) is 0. The molecule has 0 fully saturated rings. The zero-order chi connectivity index (χ0) is 6.28. The summed E-state index contributed by atoms with van der Waals surface area (Å²) in [6.07, 6.45) is 0.250. The summed E-state index contributed by atoms with van der Waals surface area (Å²) in [4.78, 5) is 8.58. The number of rotatable bonds is 0. The van der Waals surface area contributed by atoms with Gasteiger partial charge >= 0.3 is 63.1 Å². The van der Waals surface area contributed by atoms with Crippen LogP contribution in [-0.4, -0.2) is 16.2 Å². The van der Waals surface area contributed by atoms with Crippen LogP contribution in [0.1, 0.15) is 0 Å². The molecule has 0 aromatic carbocycles. The average molecular weight is 634 g/mol. The van der Waals surface area contributed by atoms with Crippen LogP contribution >= 0.6 is 53.3 Å². The number of carbonyl (C=O) groups is 1. The van der Waals surface area contributed by atoms with Crippen LogP contribution in [0.15, 0.2) is 0 Å². The van der Waals surface area contributed by atoms with Gasteiger partial charge in [0.15, 0.2) is 0 Å². The molecule has 7 heavy (non-hydrogen) atoms. The molecule has 0 aliphatic rings. The van der Waals surface area contributed by atoms with Crippen molar-refractivity contribution in [3.8, 4) is 0 Å². The van der Waals surface area contributed by atoms with Gasteiger partial charge in [0.1, 0.15) is 0 Å². The average Bonchev–Trinajstić information content (AvgIpc) is 1.33. The fourth-order valence-electron chi connectivity index (χ4n) is 0. The van der Waals surface area contributed by atoms with Crippen molar-refractivity contribution in [2.45, 2.75) is 0 Å². The molecule has 0 radical (unpaired) electrons. The van der Waals surface area contributed by atoms with Crippen molar-refractivity contribution in [2.75, 3.05) is 0 Å². The molecule has 2 N–H and O–H groups in total. The topological polar surface area (TPSA) is 43.1 Å². The molecule has 0 unspecified atom stereocenters. The quantitative estimate of drug-likeness (QED) is 0.243. The van der Waals surface area contributed by atoms with Gasteiger partial charge in [0.2, 0.25) is 6.41 Å². The molecule has 0 aliphatic carbocycles. The zero-order valence-corrected chi connectivity index (χ0v) is 14.2. The molecule has 0 aromatic heterocycles. The van der Waals surface area contributed by atoms with Gasteiger partial charge in [-0.2, -0.15) is 0 Å². The molecule has 2 nitrogen and oxygen atoms in total. The van der Waals surface area contributed by atoms with Crippen LogP contribution in [0.3, 0.4) is 0 Å². The Labute approximate surface area is 77.8 Å². The van der Waals surface area contributed by atoms with Gasteiger partial charge in [-0.3, -0.25) is 4.79 Å². The molecule has 0 saturated heterocycles. The number of carbonyl (C=O) groups excluding carboxylic acids is 1. The Morgan fingerprint density at radius 1 is 1.43 bits per heavy atom. The second-order valence-electron chi connectivity index (χ2n) is 0.384. The number of halogens is 3. The standard InChI is InChI=1S/CH3NO.3HI.Pb.H/c2-1-3;;;;;/h1H,(H2,2,3);3*1H;;/q;;;;+3;/p-3. The maximum atomic E-state index is 8.58. The molecule has 44 valence electrons. The van der Waals surface area contributed by atoms with Gasteiger partial charge in [-0.15, -0.1) is 0 Å². The first-order chi connectivity index (χ1) is 3.15. The molecule has 1 amide bonds. The Balaban J connectivity index is 0. The molecule has 0 saturated carbocycles. The van der Waals surface area contributed by atoms with Gasteiger partial charge in [0.25, 0.3) is 0 Å². The summed E-state index contributed by atoms with van der Waals surface area (Å²) < 4.78 is 0. The van der Waals surface area contributed by atoms with E-state index >= 15 is 0 Å². The Hall–Kier alpha value is 2.58. The normalized spacial score (nSPS) is 6.86. The van der Waals surface area contributed by atoms with Crippen LogP contribution in [0.25, 0.3) is 0 Å². The second-order valence-corrected chi connectivity index (χ2v) is 97.8. The van der Waals surface area contributed by atoms with Gasteiger partial charge in [0, 0.05) is 0 Å². The first-order valence-corrected chi connectivity index (χ1v) is 39.1. The van der Waals surface area contributed by atoms with Crippen molar-refractivity contribution >= 4 is 69.5 Å². The molecule has 6 heteroatoms. The van der Waals surface area contributed by atoms with Crippen LogP contribution in [0.5, 0.6) is 0 Å². The van der Waals surface area contributed by atoms with Crippen molar-refractivity contribution in [3.63, 3.8) is 0 Å². The van der Waals surface area contributed by atoms with E-state index in [1.165, 1.54) is 0 Å². The maximum absolute atomic E-state index is 8.58. The van der Waals surface area contributed by atoms with Crippen LogP contribution in [-0.2, 0) is 4.79 Å². The van der Waals surface area contributed by atoms with Crippen molar-refractivity contribution in [1.29, 1.82) is 0 Å². The van der Waals surface area contributed by atoms with E-state index < -0.39 is 9.82 Å². The summed E-state index contributed by atoms with van der Waals surface area (Å²) in [6.45, 7) is 0. The van der Waals surface area contributed by atoms with E-state index in [1.807, 2.05) is 0 Å². The number of amides is 1. The minimum absolute atomic E-state index is 0.250. The van der Waals surface area contributed by atoms with E-state index in [1.54, 1.807) is 0 Å². The molecule has 0 spiro atoms. The van der Waals surface area contributed by atoms with Crippen molar-refractivity contribution < 1.29 is 4.79 Å². The van der Waals surface area contributed by atoms with Gasteiger partial charge < -0.3 is 5.73 Å². The predicted molar refractivity (Wildman–Crippen MR) is 59.5 cm³/mol. The summed E-state index contributed by atoms with van der Waals surface area (Å²) in [5.41, 5.74) is 4.17. The molecule has 0 bridgehead atoms. The van der Waals surface area contributed by atoms with Crippen molar-refractivity contribution in [1.82, 2.24) is 0 Å². The molecule has 0 atom stereocenters. The monoisotopic (exact) mass is 635 g/mol. The third kappa shape index (κ3) is 55.8. The van der Waals surface area contributed by atoms with Gasteiger partial charge in [-0.1, -0.05) is 0 Å². The predicted octanol–water partition coefficient (Wildman–Crippen LogP) is 1.11. The number of hydrogen-bond acceptors (Lipinski definition) is 1. The Morgan fingerprint density at radius 2 is 1.43 bits per heavy atom. The number of primary amides is 1. The molecular weight excluding hydrogens is 630 g/mol. The van der Waals surface area contributed by atoms with Crippen molar-refractivity contribution in [3.05, 3.63) is 0 Å². The van der Waals surface area contributed by atoms with E-state index in [4.69, 9.17) is 4.79 Å². The van der Waals surface area contributed by atoms with E-state index in [9.17, 15) is 0 Å². The van der Waals surface area contributed by atoms with Crippen LogP contribution in [0.2, 0.25) is 0 Å². The van der Waals surface area contributed by atoms with Gasteiger partial charge in [-0.25, -0.2) is 0 Å². The van der Waals surface area contributed by atoms with Crippen LogP contribution < -0.4 is 5.73 Å². The van der Waals surface area contributed by atoms with E-state index in [-0.39, 0.29) is 6.41 Å². The number of nitrogens with two attached hydrogens (primary N) is 1. The molecule has 0 rings (SSSR count). The number of hydrogen-bond donors (Lipinski definition) is 1.